The summed E-state index contributed by atoms with van der Waals surface area (Å²) in [6.45, 7) is 3.00. The third-order valence-corrected chi connectivity index (χ3v) is 3.20. The van der Waals surface area contributed by atoms with Gasteiger partial charge in [0.15, 0.2) is 12.8 Å². The molecule has 147 valence electrons. The molecule has 0 bridgehead atoms. The zero-order valence-electron chi connectivity index (χ0n) is 14.9. The minimum absolute atomic E-state index is 0. The van der Waals surface area contributed by atoms with Crippen LogP contribution in [0.25, 0.3) is 0 Å². The molecule has 0 saturated heterocycles. The van der Waals surface area contributed by atoms with E-state index in [1.54, 1.807) is 0 Å². The van der Waals surface area contributed by atoms with E-state index in [-0.39, 0.29) is 64.7 Å². The molecule has 0 aliphatic carbocycles. The van der Waals surface area contributed by atoms with Gasteiger partial charge in [-0.1, -0.05) is 0 Å². The van der Waals surface area contributed by atoms with Crippen molar-refractivity contribution in [3.05, 3.63) is 71.3 Å². The zero-order chi connectivity index (χ0) is 19.7. The fourth-order valence-corrected chi connectivity index (χ4v) is 1.97. The molecule has 0 heterocycles. The van der Waals surface area contributed by atoms with E-state index >= 15 is 0 Å². The number of carbonyl (C=O) groups excluding carboxylic acids is 4. The Bertz CT molecular complexity index is 730. The van der Waals surface area contributed by atoms with Gasteiger partial charge in [0.1, 0.15) is 11.6 Å². The maximum absolute atomic E-state index is 12.5. The Balaban J connectivity index is 0.000000483. The van der Waals surface area contributed by atoms with Crippen LogP contribution in [0.15, 0.2) is 48.5 Å². The second-order valence-electron chi connectivity index (χ2n) is 5.73. The van der Waals surface area contributed by atoms with Crippen LogP contribution in [0.3, 0.4) is 0 Å². The summed E-state index contributed by atoms with van der Waals surface area (Å²) < 4.78 is 24.9. The van der Waals surface area contributed by atoms with E-state index in [2.05, 4.69) is 0 Å². The summed E-state index contributed by atoms with van der Waals surface area (Å²) in [7, 11) is 0. The molecule has 7 heteroatoms. The van der Waals surface area contributed by atoms with Crippen molar-refractivity contribution in [1.29, 1.82) is 0 Å². The van der Waals surface area contributed by atoms with Crippen LogP contribution in [0.2, 0.25) is 0 Å². The third-order valence-electron chi connectivity index (χ3n) is 3.20. The molecule has 0 amide bonds. The summed E-state index contributed by atoms with van der Waals surface area (Å²) in [5, 5.41) is 0. The summed E-state index contributed by atoms with van der Waals surface area (Å²) in [5.74, 6) is -0.355. The molecule has 0 atom stereocenters. The van der Waals surface area contributed by atoms with Crippen LogP contribution < -0.4 is 0 Å². The first kappa shape index (κ1) is 24.5. The predicted octanol–water partition coefficient (Wildman–Crippen LogP) is 3.34. The Morgan fingerprint density at radius 2 is 0.889 bits per heavy atom. The smallest absolute Gasteiger partial charge is 0.283 e. The van der Waals surface area contributed by atoms with Gasteiger partial charge >= 0.3 is 23.1 Å². The summed E-state index contributed by atoms with van der Waals surface area (Å²) in [6, 6.07) is 10.9. The van der Waals surface area contributed by atoms with Gasteiger partial charge in [-0.15, -0.1) is 0 Å². The van der Waals surface area contributed by atoms with Crippen LogP contribution in [-0.2, 0) is 17.1 Å². The first-order valence-electron chi connectivity index (χ1n) is 7.83. The maximum atomic E-state index is 12.5. The van der Waals surface area contributed by atoms with Gasteiger partial charge in [-0.05, 0) is 48.5 Å². The maximum Gasteiger partial charge on any atom is 0.336 e. The van der Waals surface area contributed by atoms with Gasteiger partial charge in [-0.25, -0.2) is 8.78 Å². The predicted molar refractivity (Wildman–Crippen MR) is 99.4 cm³/mol. The number of halogens is 2. The Labute approximate surface area is 166 Å². The van der Waals surface area contributed by atoms with Gasteiger partial charge in [0.05, 0.1) is 11.1 Å². The Morgan fingerprint density at radius 1 is 0.630 bits per heavy atom. The Morgan fingerprint density at radius 3 is 1.11 bits per heavy atom. The van der Waals surface area contributed by atoms with Crippen molar-refractivity contribution in [2.45, 2.75) is 26.7 Å². The molecule has 0 unspecified atom stereocenters. The van der Waals surface area contributed by atoms with Crippen LogP contribution in [0.5, 0.6) is 0 Å². The van der Waals surface area contributed by atoms with Crippen LogP contribution in [0.4, 0.5) is 8.78 Å². The standard InChI is InChI=1S/2C10H9FO2.Cu/c2*1-7(12)6-10(13)8-2-4-9(11)5-3-8;/h2*2-5H,6H2,1H3;/p+4. The van der Waals surface area contributed by atoms with Gasteiger partial charge in [-0.3, -0.25) is 19.2 Å². The minimum atomic E-state index is -0.346. The summed E-state index contributed by atoms with van der Waals surface area (Å²) >= 11 is 0. The van der Waals surface area contributed by atoms with Crippen LogP contribution in [-0.4, -0.2) is 42.3 Å². The topological polar surface area (TPSA) is 85.6 Å². The molecule has 0 aliphatic heterocycles. The van der Waals surface area contributed by atoms with Crippen molar-refractivity contribution < 1.29 is 45.0 Å². The summed E-state index contributed by atoms with van der Waals surface area (Å²) in [6.07, 6.45) is 0.206. The molecule has 1 radical (unpaired) electrons. The number of rotatable bonds is 6. The van der Waals surface area contributed by atoms with Gasteiger partial charge < -0.3 is 0 Å². The molecule has 2 aromatic rings. The molecular formula is C20H22CuF2O4+4. The number of benzene rings is 2. The molecular weight excluding hydrogens is 406 g/mol. The Kier molecular flexibility index (Phi) is 10.9. The second-order valence-corrected chi connectivity index (χ2v) is 5.73. The van der Waals surface area contributed by atoms with Crippen LogP contribution >= 0.6 is 0 Å². The number of ketones is 4. The molecule has 0 fully saturated rings. The molecule has 2 rings (SSSR count). The average Bonchev–Trinajstić information content (AvgIpc) is 2.55. The Hall–Kier alpha value is -2.50. The van der Waals surface area contributed by atoms with E-state index in [9.17, 15) is 18.4 Å². The molecule has 4 N–H and O–H groups in total. The number of hydrogen-bond donors (Lipinski definition) is 0. The molecule has 0 aliphatic rings. The quantitative estimate of drug-likeness (QED) is 0.293. The van der Waals surface area contributed by atoms with E-state index in [1.165, 1.54) is 62.4 Å². The molecule has 0 saturated carbocycles. The summed E-state index contributed by atoms with van der Waals surface area (Å²) in [5.41, 5.74) is 1.05. The summed E-state index contributed by atoms with van der Waals surface area (Å²) in [4.78, 5) is 36.6. The van der Waals surface area contributed by atoms with Gasteiger partial charge in [0.2, 0.25) is 0 Å². The first-order chi connectivity index (χ1) is 12.2. The molecule has 27 heavy (non-hydrogen) atoms. The normalized spacial score (nSPS) is 9.33. The first-order valence-corrected chi connectivity index (χ1v) is 7.83. The second kappa shape index (κ2) is 12.0. The van der Waals surface area contributed by atoms with Crippen LogP contribution in [0.1, 0.15) is 37.8 Å². The van der Waals surface area contributed by atoms with E-state index in [0.717, 1.165) is 0 Å². The molecule has 2 aromatic carbocycles. The number of hydrogen-bond acceptors (Lipinski definition) is 0. The van der Waals surface area contributed by atoms with Gasteiger partial charge in [0.25, 0.3) is 0 Å². The van der Waals surface area contributed by atoms with Crippen molar-refractivity contribution in [3.63, 3.8) is 0 Å². The van der Waals surface area contributed by atoms with E-state index < -0.39 is 0 Å². The third kappa shape index (κ3) is 9.68. The van der Waals surface area contributed by atoms with Crippen molar-refractivity contribution in [1.82, 2.24) is 0 Å². The zero-order valence-corrected chi connectivity index (χ0v) is 15.8. The van der Waals surface area contributed by atoms with E-state index in [0.29, 0.717) is 11.1 Å². The van der Waals surface area contributed by atoms with Crippen molar-refractivity contribution in [2.24, 2.45) is 0 Å². The van der Waals surface area contributed by atoms with E-state index in [1.807, 2.05) is 0 Å². The fraction of sp³-hybridized carbons (Fsp3) is 0.200. The average molecular weight is 428 g/mol. The van der Waals surface area contributed by atoms with Gasteiger partial charge in [-0.2, -0.15) is 0 Å². The fourth-order valence-electron chi connectivity index (χ4n) is 1.97. The largest absolute Gasteiger partial charge is 0.336 e. The minimum Gasteiger partial charge on any atom is -0.283 e. The van der Waals surface area contributed by atoms with Crippen molar-refractivity contribution in [2.75, 3.05) is 0 Å². The van der Waals surface area contributed by atoms with Crippen molar-refractivity contribution >= 4 is 23.1 Å². The monoisotopic (exact) mass is 427 g/mol. The van der Waals surface area contributed by atoms with Crippen LogP contribution in [0, 0.1) is 11.6 Å². The SMILES string of the molecule is CC(=[OH+])CC(=[OH+])c1ccc(F)cc1.CC(=[OH+])CC(=[OH+])c1ccc(F)cc1.[Cu]. The van der Waals surface area contributed by atoms with E-state index in [4.69, 9.17) is 9.59 Å². The molecule has 0 spiro atoms. The van der Waals surface area contributed by atoms with Crippen molar-refractivity contribution in [3.8, 4) is 0 Å². The molecule has 0 aromatic heterocycles. The van der Waals surface area contributed by atoms with Gasteiger partial charge in [0, 0.05) is 30.9 Å². The molecule has 4 nitrogen and oxygen atoms in total.